The van der Waals surface area contributed by atoms with Crippen LogP contribution in [0.4, 0.5) is 0 Å². The Hall–Kier alpha value is -2.89. The molecule has 0 aliphatic carbocycles. The maximum Gasteiger partial charge on any atom is 0.277 e. The summed E-state index contributed by atoms with van der Waals surface area (Å²) in [6.07, 6.45) is 5.36. The molecule has 0 radical (unpaired) electrons. The lowest BCUT2D eigenvalue weighted by Crippen LogP contribution is -2.33. The molecule has 0 atom stereocenters. The SMILES string of the molecule is Cc1ccccc1-c1cc2n(C)c(C)c(CCC(=O)N3CCCCCC3)c(=O)n2n1. The molecule has 1 aromatic carbocycles. The van der Waals surface area contributed by atoms with Crippen molar-refractivity contribution in [1.82, 2.24) is 19.1 Å². The van der Waals surface area contributed by atoms with Crippen molar-refractivity contribution in [2.45, 2.75) is 52.4 Å². The Labute approximate surface area is 177 Å². The number of carbonyl (C=O) groups excluding carboxylic acids is 1. The zero-order valence-corrected chi connectivity index (χ0v) is 18.1. The summed E-state index contributed by atoms with van der Waals surface area (Å²) in [5.74, 6) is 0.152. The van der Waals surface area contributed by atoms with Crippen LogP contribution in [0.15, 0.2) is 35.1 Å². The number of hydrogen-bond acceptors (Lipinski definition) is 3. The van der Waals surface area contributed by atoms with Gasteiger partial charge in [-0.05, 0) is 38.7 Å². The minimum absolute atomic E-state index is 0.121. The Morgan fingerprint density at radius 2 is 1.77 bits per heavy atom. The summed E-state index contributed by atoms with van der Waals surface area (Å²) in [6.45, 7) is 5.68. The van der Waals surface area contributed by atoms with Crippen LogP contribution in [-0.4, -0.2) is 38.1 Å². The molecule has 1 saturated heterocycles. The quantitative estimate of drug-likeness (QED) is 0.664. The maximum atomic E-state index is 13.2. The standard InChI is InChI=1S/C24H30N4O2/c1-17-10-6-7-11-19(17)21-16-22-26(3)18(2)20(24(30)28(22)25-21)12-13-23(29)27-14-8-4-5-9-15-27/h6-7,10-11,16H,4-5,8-9,12-15H2,1-3H3. The molecule has 0 unspecified atom stereocenters. The fourth-order valence-corrected chi connectivity index (χ4v) is 4.41. The number of benzene rings is 1. The first kappa shape index (κ1) is 20.4. The predicted molar refractivity (Wildman–Crippen MR) is 119 cm³/mol. The molecule has 4 rings (SSSR count). The Morgan fingerprint density at radius 1 is 1.07 bits per heavy atom. The van der Waals surface area contributed by atoms with E-state index in [-0.39, 0.29) is 11.5 Å². The number of aromatic nitrogens is 3. The van der Waals surface area contributed by atoms with Gasteiger partial charge in [0.25, 0.3) is 5.56 Å². The number of hydrogen-bond donors (Lipinski definition) is 0. The van der Waals surface area contributed by atoms with Crippen LogP contribution in [0.5, 0.6) is 0 Å². The molecular weight excluding hydrogens is 376 g/mol. The minimum atomic E-state index is -0.121. The van der Waals surface area contributed by atoms with E-state index in [9.17, 15) is 9.59 Å². The second kappa shape index (κ2) is 8.46. The molecule has 158 valence electrons. The molecule has 0 N–H and O–H groups in total. The lowest BCUT2D eigenvalue weighted by Gasteiger charge is -2.20. The highest BCUT2D eigenvalue weighted by atomic mass is 16.2. The number of aryl methyl sites for hydroxylation is 2. The third-order valence-electron chi connectivity index (χ3n) is 6.39. The third kappa shape index (κ3) is 3.78. The summed E-state index contributed by atoms with van der Waals surface area (Å²) in [5, 5.41) is 4.62. The van der Waals surface area contributed by atoms with Gasteiger partial charge in [-0.15, -0.1) is 0 Å². The average molecular weight is 407 g/mol. The van der Waals surface area contributed by atoms with Crippen molar-refractivity contribution in [1.29, 1.82) is 0 Å². The summed E-state index contributed by atoms with van der Waals surface area (Å²) in [4.78, 5) is 27.9. The van der Waals surface area contributed by atoms with Crippen molar-refractivity contribution in [3.63, 3.8) is 0 Å². The van der Waals surface area contributed by atoms with Crippen LogP contribution in [0, 0.1) is 13.8 Å². The fraction of sp³-hybridized carbons (Fsp3) is 0.458. The Morgan fingerprint density at radius 3 is 2.47 bits per heavy atom. The second-order valence-corrected chi connectivity index (χ2v) is 8.34. The molecular formula is C24H30N4O2. The van der Waals surface area contributed by atoms with Crippen LogP contribution in [0.2, 0.25) is 0 Å². The summed E-state index contributed by atoms with van der Waals surface area (Å²) in [5.41, 5.74) is 5.15. The lowest BCUT2D eigenvalue weighted by atomic mass is 10.1. The lowest BCUT2D eigenvalue weighted by molar-refractivity contribution is -0.131. The Balaban J connectivity index is 1.65. The third-order valence-corrected chi connectivity index (χ3v) is 6.39. The largest absolute Gasteiger partial charge is 0.343 e. The van der Waals surface area contributed by atoms with Crippen LogP contribution < -0.4 is 5.56 Å². The van der Waals surface area contributed by atoms with Gasteiger partial charge in [0.1, 0.15) is 5.65 Å². The molecule has 2 aromatic heterocycles. The van der Waals surface area contributed by atoms with Crippen molar-refractivity contribution >= 4 is 11.6 Å². The number of carbonyl (C=O) groups is 1. The zero-order chi connectivity index (χ0) is 21.3. The fourth-order valence-electron chi connectivity index (χ4n) is 4.41. The highest BCUT2D eigenvalue weighted by Crippen LogP contribution is 2.23. The summed E-state index contributed by atoms with van der Waals surface area (Å²) in [7, 11) is 1.95. The number of nitrogens with zero attached hydrogens (tertiary/aromatic N) is 4. The number of fused-ring (bicyclic) bond motifs is 1. The van der Waals surface area contributed by atoms with E-state index in [0.717, 1.165) is 54.1 Å². The molecule has 3 aromatic rings. The van der Waals surface area contributed by atoms with Gasteiger partial charge in [0.05, 0.1) is 5.69 Å². The van der Waals surface area contributed by atoms with E-state index in [2.05, 4.69) is 5.10 Å². The highest BCUT2D eigenvalue weighted by molar-refractivity contribution is 5.76. The van der Waals surface area contributed by atoms with E-state index in [0.29, 0.717) is 18.4 Å². The first-order chi connectivity index (χ1) is 14.5. The van der Waals surface area contributed by atoms with Gasteiger partial charge >= 0.3 is 0 Å². The van der Waals surface area contributed by atoms with Crippen LogP contribution >= 0.6 is 0 Å². The van der Waals surface area contributed by atoms with Crippen molar-refractivity contribution in [2.24, 2.45) is 7.05 Å². The van der Waals surface area contributed by atoms with E-state index in [1.165, 1.54) is 17.4 Å². The summed E-state index contributed by atoms with van der Waals surface area (Å²) >= 11 is 0. The van der Waals surface area contributed by atoms with Crippen molar-refractivity contribution in [3.8, 4) is 11.3 Å². The van der Waals surface area contributed by atoms with Gasteiger partial charge in [0, 0.05) is 49.4 Å². The molecule has 30 heavy (non-hydrogen) atoms. The highest BCUT2D eigenvalue weighted by Gasteiger charge is 2.19. The topological polar surface area (TPSA) is 59.6 Å². The van der Waals surface area contributed by atoms with Crippen molar-refractivity contribution < 1.29 is 4.79 Å². The molecule has 1 aliphatic heterocycles. The van der Waals surface area contributed by atoms with Gasteiger partial charge in [-0.3, -0.25) is 9.59 Å². The molecule has 0 bridgehead atoms. The number of rotatable bonds is 4. The molecule has 6 heteroatoms. The number of amides is 1. The predicted octanol–water partition coefficient (Wildman–Crippen LogP) is 3.65. The van der Waals surface area contributed by atoms with Crippen molar-refractivity contribution in [3.05, 3.63) is 57.5 Å². The molecule has 0 spiro atoms. The summed E-state index contributed by atoms with van der Waals surface area (Å²) < 4.78 is 3.49. The molecule has 3 heterocycles. The molecule has 6 nitrogen and oxygen atoms in total. The van der Waals surface area contributed by atoms with Crippen LogP contribution in [-0.2, 0) is 18.3 Å². The Kier molecular flexibility index (Phi) is 5.75. The smallest absolute Gasteiger partial charge is 0.277 e. The van der Waals surface area contributed by atoms with Crippen LogP contribution in [0.3, 0.4) is 0 Å². The van der Waals surface area contributed by atoms with Gasteiger partial charge in [-0.1, -0.05) is 37.1 Å². The molecule has 1 fully saturated rings. The van der Waals surface area contributed by atoms with Gasteiger partial charge in [0.2, 0.25) is 5.91 Å². The van der Waals surface area contributed by atoms with Gasteiger partial charge in [-0.2, -0.15) is 9.61 Å². The van der Waals surface area contributed by atoms with Crippen LogP contribution in [0.1, 0.15) is 48.9 Å². The van der Waals surface area contributed by atoms with Crippen LogP contribution in [0.25, 0.3) is 16.9 Å². The van der Waals surface area contributed by atoms with E-state index >= 15 is 0 Å². The average Bonchev–Trinajstić information content (AvgIpc) is 3.00. The molecule has 1 amide bonds. The normalized spacial score (nSPS) is 14.8. The summed E-state index contributed by atoms with van der Waals surface area (Å²) in [6, 6.07) is 10.0. The number of likely N-dealkylation sites (tertiary alicyclic amines) is 1. The first-order valence-electron chi connectivity index (χ1n) is 10.9. The molecule has 1 aliphatic rings. The van der Waals surface area contributed by atoms with E-state index in [4.69, 9.17) is 0 Å². The van der Waals surface area contributed by atoms with Gasteiger partial charge < -0.3 is 9.47 Å². The van der Waals surface area contributed by atoms with E-state index in [1.807, 2.05) is 60.7 Å². The van der Waals surface area contributed by atoms with Crippen molar-refractivity contribution in [2.75, 3.05) is 13.1 Å². The van der Waals surface area contributed by atoms with E-state index < -0.39 is 0 Å². The van der Waals surface area contributed by atoms with E-state index in [1.54, 1.807) is 0 Å². The van der Waals surface area contributed by atoms with Gasteiger partial charge in [-0.25, -0.2) is 0 Å². The maximum absolute atomic E-state index is 13.2. The minimum Gasteiger partial charge on any atom is -0.343 e. The van der Waals surface area contributed by atoms with Gasteiger partial charge in [0.15, 0.2) is 0 Å². The monoisotopic (exact) mass is 406 g/mol. The Bertz CT molecular complexity index is 1130. The zero-order valence-electron chi connectivity index (χ0n) is 18.1. The first-order valence-corrected chi connectivity index (χ1v) is 10.9. The second-order valence-electron chi connectivity index (χ2n) is 8.34. The molecule has 0 saturated carbocycles.